The van der Waals surface area contributed by atoms with Crippen molar-refractivity contribution >= 4 is 0 Å². The molecular weight excluding hydrogens is 218 g/mol. The molecule has 1 unspecified atom stereocenters. The zero-order valence-electron chi connectivity index (χ0n) is 11.7. The summed E-state index contributed by atoms with van der Waals surface area (Å²) in [6.45, 7) is 11.6. The number of nitrogens with zero attached hydrogens (tertiary/aromatic N) is 1. The summed E-state index contributed by atoms with van der Waals surface area (Å²) in [7, 11) is 0. The van der Waals surface area contributed by atoms with E-state index in [0.29, 0.717) is 19.8 Å². The van der Waals surface area contributed by atoms with Gasteiger partial charge in [0.2, 0.25) is 0 Å². The van der Waals surface area contributed by atoms with Gasteiger partial charge in [-0.15, -0.1) is 0 Å². The minimum atomic E-state index is -0.497. The van der Waals surface area contributed by atoms with Crippen LogP contribution in [-0.4, -0.2) is 62.2 Å². The fourth-order valence-corrected chi connectivity index (χ4v) is 1.47. The second kappa shape index (κ2) is 12.3. The average Bonchev–Trinajstić information content (AvgIpc) is 2.35. The highest BCUT2D eigenvalue weighted by atomic mass is 16.5. The van der Waals surface area contributed by atoms with Crippen molar-refractivity contribution in [3.05, 3.63) is 0 Å². The van der Waals surface area contributed by atoms with Gasteiger partial charge >= 0.3 is 0 Å². The monoisotopic (exact) mass is 247 g/mol. The Balaban J connectivity index is 3.29. The number of aliphatic hydroxyl groups is 1. The molecule has 0 aromatic carbocycles. The van der Waals surface area contributed by atoms with E-state index in [-0.39, 0.29) is 0 Å². The molecule has 0 saturated heterocycles. The first-order valence-electron chi connectivity index (χ1n) is 6.80. The van der Waals surface area contributed by atoms with Crippen LogP contribution < -0.4 is 0 Å². The Bertz CT molecular complexity index is 152. The molecule has 0 fully saturated rings. The van der Waals surface area contributed by atoms with Crippen LogP contribution in [0, 0.1) is 0 Å². The van der Waals surface area contributed by atoms with E-state index < -0.39 is 6.10 Å². The Morgan fingerprint density at radius 3 is 2.12 bits per heavy atom. The Labute approximate surface area is 106 Å². The molecule has 4 heteroatoms. The summed E-state index contributed by atoms with van der Waals surface area (Å²) in [5.74, 6) is 0. The maximum absolute atomic E-state index is 9.56. The van der Waals surface area contributed by atoms with E-state index in [4.69, 9.17) is 9.47 Å². The molecule has 0 rings (SSSR count). The number of hydrogen-bond acceptors (Lipinski definition) is 4. The minimum absolute atomic E-state index is 0.368. The maximum atomic E-state index is 9.56. The molecule has 0 amide bonds. The van der Waals surface area contributed by atoms with Crippen LogP contribution in [0.5, 0.6) is 0 Å². The summed E-state index contributed by atoms with van der Waals surface area (Å²) >= 11 is 0. The van der Waals surface area contributed by atoms with Gasteiger partial charge < -0.3 is 19.5 Å². The highest BCUT2D eigenvalue weighted by molar-refractivity contribution is 4.54. The van der Waals surface area contributed by atoms with Crippen molar-refractivity contribution in [3.8, 4) is 0 Å². The number of unbranched alkanes of at least 4 members (excludes halogenated alkanes) is 1. The summed E-state index contributed by atoms with van der Waals surface area (Å²) < 4.78 is 10.7. The van der Waals surface area contributed by atoms with Crippen LogP contribution in [0.4, 0.5) is 0 Å². The standard InChI is InChI=1S/C13H29NO3/c1-4-7-9-16-11-13(15)12-17-10-8-14(5-2)6-3/h13,15H,4-12H2,1-3H3. The minimum Gasteiger partial charge on any atom is -0.388 e. The summed E-state index contributed by atoms with van der Waals surface area (Å²) in [4.78, 5) is 2.30. The molecule has 17 heavy (non-hydrogen) atoms. The van der Waals surface area contributed by atoms with Crippen LogP contribution in [0.1, 0.15) is 33.6 Å². The van der Waals surface area contributed by atoms with Gasteiger partial charge in [-0.1, -0.05) is 27.2 Å². The third kappa shape index (κ3) is 10.7. The van der Waals surface area contributed by atoms with E-state index in [2.05, 4.69) is 25.7 Å². The smallest absolute Gasteiger partial charge is 0.101 e. The Morgan fingerprint density at radius 1 is 1.00 bits per heavy atom. The molecule has 0 heterocycles. The van der Waals surface area contributed by atoms with Crippen molar-refractivity contribution in [2.24, 2.45) is 0 Å². The topological polar surface area (TPSA) is 41.9 Å². The van der Waals surface area contributed by atoms with E-state index in [9.17, 15) is 5.11 Å². The van der Waals surface area contributed by atoms with Gasteiger partial charge in [-0.3, -0.25) is 0 Å². The lowest BCUT2D eigenvalue weighted by Gasteiger charge is -2.18. The van der Waals surface area contributed by atoms with E-state index in [1.165, 1.54) is 0 Å². The van der Waals surface area contributed by atoms with E-state index in [1.807, 2.05) is 0 Å². The molecule has 4 nitrogen and oxygen atoms in total. The molecule has 0 bridgehead atoms. The summed E-state index contributed by atoms with van der Waals surface area (Å²) in [5, 5.41) is 9.56. The predicted molar refractivity (Wildman–Crippen MR) is 70.3 cm³/mol. The predicted octanol–water partition coefficient (Wildman–Crippen LogP) is 1.52. The number of rotatable bonds is 12. The van der Waals surface area contributed by atoms with Gasteiger partial charge in [-0.25, -0.2) is 0 Å². The second-order valence-corrected chi connectivity index (χ2v) is 4.18. The highest BCUT2D eigenvalue weighted by Crippen LogP contribution is 1.93. The van der Waals surface area contributed by atoms with Gasteiger partial charge in [0.1, 0.15) is 6.10 Å². The highest BCUT2D eigenvalue weighted by Gasteiger charge is 2.05. The van der Waals surface area contributed by atoms with E-state index >= 15 is 0 Å². The molecule has 0 aliphatic carbocycles. The van der Waals surface area contributed by atoms with Gasteiger partial charge in [0.25, 0.3) is 0 Å². The molecule has 0 radical (unpaired) electrons. The molecule has 0 aliphatic heterocycles. The van der Waals surface area contributed by atoms with E-state index in [0.717, 1.165) is 39.1 Å². The van der Waals surface area contributed by atoms with Crippen molar-refractivity contribution in [1.82, 2.24) is 4.90 Å². The molecule has 0 aromatic heterocycles. The van der Waals surface area contributed by atoms with Crippen LogP contribution in [0.15, 0.2) is 0 Å². The lowest BCUT2D eigenvalue weighted by molar-refractivity contribution is -0.0224. The molecule has 0 spiro atoms. The van der Waals surface area contributed by atoms with Crippen molar-refractivity contribution in [2.75, 3.05) is 46.1 Å². The van der Waals surface area contributed by atoms with Crippen molar-refractivity contribution in [1.29, 1.82) is 0 Å². The molecule has 0 saturated carbocycles. The maximum Gasteiger partial charge on any atom is 0.101 e. The summed E-state index contributed by atoms with van der Waals surface area (Å²) in [6, 6.07) is 0. The van der Waals surface area contributed by atoms with Crippen molar-refractivity contribution < 1.29 is 14.6 Å². The Hall–Kier alpha value is -0.160. The number of hydrogen-bond donors (Lipinski definition) is 1. The molecule has 0 aliphatic rings. The normalized spacial score (nSPS) is 13.2. The third-order valence-corrected chi connectivity index (χ3v) is 2.71. The molecular formula is C13H29NO3. The summed E-state index contributed by atoms with van der Waals surface area (Å²) in [6.07, 6.45) is 1.68. The zero-order chi connectivity index (χ0) is 12.9. The lowest BCUT2D eigenvalue weighted by Crippen LogP contribution is -2.29. The second-order valence-electron chi connectivity index (χ2n) is 4.18. The SMILES string of the molecule is CCCCOCC(O)COCCN(CC)CC. The van der Waals surface area contributed by atoms with Crippen LogP contribution in [0.25, 0.3) is 0 Å². The number of likely N-dealkylation sites (N-methyl/N-ethyl adjacent to an activating group) is 1. The van der Waals surface area contributed by atoms with Gasteiger partial charge in [0.05, 0.1) is 19.8 Å². The Kier molecular flexibility index (Phi) is 12.2. The van der Waals surface area contributed by atoms with Crippen molar-refractivity contribution in [3.63, 3.8) is 0 Å². The molecule has 104 valence electrons. The fourth-order valence-electron chi connectivity index (χ4n) is 1.47. The van der Waals surface area contributed by atoms with Gasteiger partial charge in [0.15, 0.2) is 0 Å². The Morgan fingerprint density at radius 2 is 1.59 bits per heavy atom. The molecule has 1 N–H and O–H groups in total. The van der Waals surface area contributed by atoms with Crippen LogP contribution in [-0.2, 0) is 9.47 Å². The fraction of sp³-hybridized carbons (Fsp3) is 1.00. The number of ether oxygens (including phenoxy) is 2. The van der Waals surface area contributed by atoms with Crippen molar-refractivity contribution in [2.45, 2.75) is 39.7 Å². The third-order valence-electron chi connectivity index (χ3n) is 2.71. The van der Waals surface area contributed by atoms with E-state index in [1.54, 1.807) is 0 Å². The number of aliphatic hydroxyl groups excluding tert-OH is 1. The largest absolute Gasteiger partial charge is 0.388 e. The zero-order valence-corrected chi connectivity index (χ0v) is 11.7. The molecule has 1 atom stereocenters. The van der Waals surface area contributed by atoms with Gasteiger partial charge in [-0.2, -0.15) is 0 Å². The lowest BCUT2D eigenvalue weighted by atomic mass is 10.3. The molecule has 0 aromatic rings. The first-order valence-corrected chi connectivity index (χ1v) is 6.80. The quantitative estimate of drug-likeness (QED) is 0.531. The van der Waals surface area contributed by atoms with Gasteiger partial charge in [-0.05, 0) is 19.5 Å². The summed E-state index contributed by atoms with van der Waals surface area (Å²) in [5.41, 5.74) is 0. The van der Waals surface area contributed by atoms with Crippen LogP contribution >= 0.6 is 0 Å². The van der Waals surface area contributed by atoms with Gasteiger partial charge in [0, 0.05) is 13.2 Å². The first-order chi connectivity index (χ1) is 8.24. The van der Waals surface area contributed by atoms with Crippen LogP contribution in [0.2, 0.25) is 0 Å². The van der Waals surface area contributed by atoms with Crippen LogP contribution in [0.3, 0.4) is 0 Å². The first kappa shape index (κ1) is 16.8. The average molecular weight is 247 g/mol.